The lowest BCUT2D eigenvalue weighted by molar-refractivity contribution is 0.168. The van der Waals surface area contributed by atoms with Gasteiger partial charge in [0.15, 0.2) is 0 Å². The van der Waals surface area contributed by atoms with Crippen molar-refractivity contribution in [3.05, 3.63) is 35.9 Å². The Kier molecular flexibility index (Phi) is 6.19. The Balaban J connectivity index is 2.46. The number of hydrogen-bond donors (Lipinski definition) is 2. The minimum absolute atomic E-state index is 0.0985. The van der Waals surface area contributed by atoms with Crippen LogP contribution in [0.2, 0.25) is 0 Å². The Labute approximate surface area is 104 Å². The van der Waals surface area contributed by atoms with Crippen LogP contribution in [0.4, 0.5) is 0 Å². The molecule has 96 valence electrons. The maximum atomic E-state index is 9.55. The Morgan fingerprint density at radius 2 is 1.94 bits per heavy atom. The first-order chi connectivity index (χ1) is 8.23. The smallest absolute Gasteiger partial charge is 0.0652 e. The average Bonchev–Trinajstić information content (AvgIpc) is 2.39. The molecular formula is C14H23NO2. The standard InChI is InChI=1S/C14H23NO2/c1-14(12-16,13-8-4-3-5-9-13)15-10-6-7-11-17-2/h3-5,8-9,15-16H,6-7,10-12H2,1-2H3. The lowest BCUT2D eigenvalue weighted by Gasteiger charge is -2.29. The van der Waals surface area contributed by atoms with Gasteiger partial charge in [0.25, 0.3) is 0 Å². The van der Waals surface area contributed by atoms with Gasteiger partial charge in [-0.05, 0) is 31.9 Å². The molecule has 1 rings (SSSR count). The molecule has 17 heavy (non-hydrogen) atoms. The van der Waals surface area contributed by atoms with Crippen LogP contribution in [0.15, 0.2) is 30.3 Å². The third-order valence-corrected chi connectivity index (χ3v) is 3.02. The molecular weight excluding hydrogens is 214 g/mol. The molecule has 1 aromatic rings. The molecule has 1 aromatic carbocycles. The molecule has 0 radical (unpaired) electrons. The van der Waals surface area contributed by atoms with Crippen molar-refractivity contribution >= 4 is 0 Å². The molecule has 0 fully saturated rings. The Bertz CT molecular complexity index is 302. The van der Waals surface area contributed by atoms with E-state index in [0.717, 1.165) is 31.6 Å². The average molecular weight is 237 g/mol. The summed E-state index contributed by atoms with van der Waals surface area (Å²) in [6.45, 7) is 3.80. The molecule has 0 saturated heterocycles. The Morgan fingerprint density at radius 3 is 2.53 bits per heavy atom. The number of aliphatic hydroxyl groups is 1. The molecule has 3 nitrogen and oxygen atoms in total. The topological polar surface area (TPSA) is 41.5 Å². The van der Waals surface area contributed by atoms with E-state index in [4.69, 9.17) is 4.74 Å². The first-order valence-corrected chi connectivity index (χ1v) is 6.13. The van der Waals surface area contributed by atoms with Crippen molar-refractivity contribution in [3.8, 4) is 0 Å². The zero-order valence-corrected chi connectivity index (χ0v) is 10.8. The van der Waals surface area contributed by atoms with Crippen molar-refractivity contribution in [3.63, 3.8) is 0 Å². The molecule has 0 spiro atoms. The van der Waals surface area contributed by atoms with Crippen molar-refractivity contribution < 1.29 is 9.84 Å². The Hall–Kier alpha value is -0.900. The fourth-order valence-electron chi connectivity index (χ4n) is 1.79. The maximum Gasteiger partial charge on any atom is 0.0652 e. The second-order valence-electron chi connectivity index (χ2n) is 4.48. The molecule has 0 aliphatic heterocycles. The zero-order valence-electron chi connectivity index (χ0n) is 10.8. The maximum absolute atomic E-state index is 9.55. The second kappa shape index (κ2) is 7.43. The molecule has 3 heteroatoms. The Morgan fingerprint density at radius 1 is 1.24 bits per heavy atom. The number of rotatable bonds is 8. The molecule has 0 aliphatic rings. The van der Waals surface area contributed by atoms with Crippen molar-refractivity contribution in [2.75, 3.05) is 26.9 Å². The van der Waals surface area contributed by atoms with Crippen molar-refractivity contribution in [1.82, 2.24) is 5.32 Å². The quantitative estimate of drug-likeness (QED) is 0.679. The highest BCUT2D eigenvalue weighted by Crippen LogP contribution is 2.19. The van der Waals surface area contributed by atoms with Crippen LogP contribution < -0.4 is 5.32 Å². The first kappa shape index (κ1) is 14.2. The number of unbranched alkanes of at least 4 members (excludes halogenated alkanes) is 1. The summed E-state index contributed by atoms with van der Waals surface area (Å²) in [6, 6.07) is 10.1. The van der Waals surface area contributed by atoms with Crippen LogP contribution in [-0.2, 0) is 10.3 Å². The first-order valence-electron chi connectivity index (χ1n) is 6.13. The number of methoxy groups -OCH3 is 1. The van der Waals surface area contributed by atoms with Gasteiger partial charge in [-0.25, -0.2) is 0 Å². The van der Waals surface area contributed by atoms with Crippen LogP contribution in [0.1, 0.15) is 25.3 Å². The summed E-state index contributed by atoms with van der Waals surface area (Å²) in [5.74, 6) is 0. The number of aliphatic hydroxyl groups excluding tert-OH is 1. The predicted molar refractivity (Wildman–Crippen MR) is 70.0 cm³/mol. The number of benzene rings is 1. The lowest BCUT2D eigenvalue weighted by Crippen LogP contribution is -2.43. The highest BCUT2D eigenvalue weighted by Gasteiger charge is 2.24. The van der Waals surface area contributed by atoms with E-state index in [9.17, 15) is 5.11 Å². The van der Waals surface area contributed by atoms with Gasteiger partial charge in [0.1, 0.15) is 0 Å². The summed E-state index contributed by atoms with van der Waals surface area (Å²) in [6.07, 6.45) is 2.09. The molecule has 1 unspecified atom stereocenters. The van der Waals surface area contributed by atoms with Crippen molar-refractivity contribution in [2.24, 2.45) is 0 Å². The van der Waals surface area contributed by atoms with Gasteiger partial charge < -0.3 is 15.2 Å². The minimum Gasteiger partial charge on any atom is -0.394 e. The molecule has 0 aromatic heterocycles. The van der Waals surface area contributed by atoms with Gasteiger partial charge in [0, 0.05) is 13.7 Å². The van der Waals surface area contributed by atoms with Gasteiger partial charge in [0.05, 0.1) is 12.1 Å². The van der Waals surface area contributed by atoms with E-state index in [2.05, 4.69) is 5.32 Å². The van der Waals surface area contributed by atoms with Crippen LogP contribution in [0.25, 0.3) is 0 Å². The van der Waals surface area contributed by atoms with Gasteiger partial charge in [-0.15, -0.1) is 0 Å². The van der Waals surface area contributed by atoms with E-state index in [1.165, 1.54) is 0 Å². The predicted octanol–water partition coefficient (Wildman–Crippen LogP) is 1.91. The minimum atomic E-state index is -0.353. The van der Waals surface area contributed by atoms with E-state index in [0.29, 0.717) is 0 Å². The van der Waals surface area contributed by atoms with E-state index in [1.54, 1.807) is 7.11 Å². The molecule has 2 N–H and O–H groups in total. The third kappa shape index (κ3) is 4.46. The highest BCUT2D eigenvalue weighted by molar-refractivity contribution is 5.23. The van der Waals surface area contributed by atoms with Gasteiger partial charge in [-0.1, -0.05) is 30.3 Å². The summed E-state index contributed by atoms with van der Waals surface area (Å²) in [5.41, 5.74) is 0.767. The largest absolute Gasteiger partial charge is 0.394 e. The van der Waals surface area contributed by atoms with Crippen LogP contribution >= 0.6 is 0 Å². The third-order valence-electron chi connectivity index (χ3n) is 3.02. The molecule has 0 heterocycles. The number of ether oxygens (including phenoxy) is 1. The van der Waals surface area contributed by atoms with E-state index in [1.807, 2.05) is 37.3 Å². The van der Waals surface area contributed by atoms with Crippen molar-refractivity contribution in [1.29, 1.82) is 0 Å². The van der Waals surface area contributed by atoms with Gasteiger partial charge in [-0.3, -0.25) is 0 Å². The number of nitrogens with one attached hydrogen (secondary N) is 1. The summed E-state index contributed by atoms with van der Waals surface area (Å²) in [5, 5.41) is 13.0. The van der Waals surface area contributed by atoms with Crippen molar-refractivity contribution in [2.45, 2.75) is 25.3 Å². The van der Waals surface area contributed by atoms with Crippen LogP contribution in [0, 0.1) is 0 Å². The molecule has 0 aliphatic carbocycles. The molecule has 1 atom stereocenters. The summed E-state index contributed by atoms with van der Waals surface area (Å²) in [4.78, 5) is 0. The van der Waals surface area contributed by atoms with Gasteiger partial charge in [-0.2, -0.15) is 0 Å². The highest BCUT2D eigenvalue weighted by atomic mass is 16.5. The molecule has 0 saturated carbocycles. The number of hydrogen-bond acceptors (Lipinski definition) is 3. The fraction of sp³-hybridized carbons (Fsp3) is 0.571. The lowest BCUT2D eigenvalue weighted by atomic mass is 9.93. The van der Waals surface area contributed by atoms with Gasteiger partial charge >= 0.3 is 0 Å². The normalized spacial score (nSPS) is 14.5. The molecule has 0 amide bonds. The second-order valence-corrected chi connectivity index (χ2v) is 4.48. The fourth-order valence-corrected chi connectivity index (χ4v) is 1.79. The van der Waals surface area contributed by atoms with Gasteiger partial charge in [0.2, 0.25) is 0 Å². The van der Waals surface area contributed by atoms with E-state index < -0.39 is 0 Å². The van der Waals surface area contributed by atoms with Crippen LogP contribution in [-0.4, -0.2) is 32.0 Å². The van der Waals surface area contributed by atoms with E-state index in [-0.39, 0.29) is 12.1 Å². The van der Waals surface area contributed by atoms with Crippen LogP contribution in [0.5, 0.6) is 0 Å². The zero-order chi connectivity index (χ0) is 12.6. The summed E-state index contributed by atoms with van der Waals surface area (Å²) < 4.78 is 5.01. The summed E-state index contributed by atoms with van der Waals surface area (Å²) >= 11 is 0. The molecule has 0 bridgehead atoms. The summed E-state index contributed by atoms with van der Waals surface area (Å²) in [7, 11) is 1.72. The van der Waals surface area contributed by atoms with E-state index >= 15 is 0 Å². The SMILES string of the molecule is COCCCCNC(C)(CO)c1ccccc1. The van der Waals surface area contributed by atoms with Crippen LogP contribution in [0.3, 0.4) is 0 Å². The monoisotopic (exact) mass is 237 g/mol.